The van der Waals surface area contributed by atoms with Crippen LogP contribution in [0, 0.1) is 0 Å². The molecule has 0 radical (unpaired) electrons. The Bertz CT molecular complexity index is 2520. The van der Waals surface area contributed by atoms with Crippen LogP contribution in [-0.2, 0) is 62.7 Å². The Balaban J connectivity index is 0.000000594. The quantitative estimate of drug-likeness (QED) is 0.0196. The molecule has 0 bridgehead atoms. The molecule has 0 aliphatic heterocycles. The zero-order valence-electron chi connectivity index (χ0n) is 46.0. The molecule has 446 valence electrons. The van der Waals surface area contributed by atoms with Gasteiger partial charge in [-0.25, -0.2) is 40.9 Å². The molecule has 30 nitrogen and oxygen atoms in total. The van der Waals surface area contributed by atoms with E-state index in [1.165, 1.54) is 0 Å². The number of hydrogen-bond acceptors (Lipinski definition) is 17. The minimum Gasteiger partial charge on any atom is -0.481 e. The van der Waals surface area contributed by atoms with Crippen LogP contribution in [0.2, 0.25) is 0 Å². The number of aliphatic hydroxyl groups is 2. The van der Waals surface area contributed by atoms with Crippen molar-refractivity contribution in [2.75, 3.05) is 39.5 Å². The summed E-state index contributed by atoms with van der Waals surface area (Å²) in [7, 11) is 0. The van der Waals surface area contributed by atoms with Crippen molar-refractivity contribution in [3.05, 3.63) is 108 Å². The zero-order chi connectivity index (χ0) is 60.9. The van der Waals surface area contributed by atoms with Crippen molar-refractivity contribution < 1.29 is 77.5 Å². The van der Waals surface area contributed by atoms with Crippen molar-refractivity contribution in [2.45, 2.75) is 109 Å². The number of esters is 1. The Kier molecular flexibility index (Phi) is 29.0. The van der Waals surface area contributed by atoms with Gasteiger partial charge in [0.1, 0.15) is 30.8 Å². The third-order valence-electron chi connectivity index (χ3n) is 10.5. The summed E-state index contributed by atoms with van der Waals surface area (Å²) in [6, 6.07) is 17.1. The molecular weight excluding hydrogens is 1060 g/mol. The van der Waals surface area contributed by atoms with E-state index in [9.17, 15) is 58.2 Å². The maximum absolute atomic E-state index is 13.6. The fourth-order valence-corrected chi connectivity index (χ4v) is 6.22. The summed E-state index contributed by atoms with van der Waals surface area (Å²) in [6.45, 7) is 7.57. The first-order valence-electron chi connectivity index (χ1n) is 25.0. The van der Waals surface area contributed by atoms with Crippen molar-refractivity contribution in [3.8, 4) is 0 Å². The third kappa shape index (κ3) is 28.2. The molecule has 0 aliphatic carbocycles. The monoisotopic (exact) mass is 1140 g/mol. The van der Waals surface area contributed by atoms with Gasteiger partial charge in [0, 0.05) is 0 Å². The Hall–Kier alpha value is -8.68. The minimum absolute atomic E-state index is 0.00735. The van der Waals surface area contributed by atoms with Crippen LogP contribution in [0.1, 0.15) is 71.1 Å². The van der Waals surface area contributed by atoms with Gasteiger partial charge in [0.15, 0.2) is 0 Å². The second-order valence-electron chi connectivity index (χ2n) is 19.5. The van der Waals surface area contributed by atoms with Crippen LogP contribution in [0.15, 0.2) is 91.0 Å². The zero-order valence-corrected chi connectivity index (χ0v) is 46.0. The van der Waals surface area contributed by atoms with Gasteiger partial charge in [0.05, 0.1) is 76.7 Å². The number of aliphatic carboxylic acids is 1. The number of nitrogens with zero attached hydrogens (tertiary/aromatic N) is 4. The van der Waals surface area contributed by atoms with Crippen LogP contribution in [0.4, 0.5) is 19.2 Å². The van der Waals surface area contributed by atoms with Crippen molar-refractivity contribution in [1.29, 1.82) is 0 Å². The highest BCUT2D eigenvalue weighted by Gasteiger charge is 2.33. The summed E-state index contributed by atoms with van der Waals surface area (Å²) >= 11 is 0. The van der Waals surface area contributed by atoms with E-state index < -0.39 is 121 Å². The molecule has 3 aromatic carbocycles. The van der Waals surface area contributed by atoms with Crippen LogP contribution in [0.25, 0.3) is 0 Å². The number of carboxylic acid groups (broad SMARTS) is 1. The molecular formula is C51H76N14O16. The van der Waals surface area contributed by atoms with E-state index in [2.05, 4.69) is 26.7 Å². The number of primary amides is 2. The molecule has 30 heteroatoms. The number of carboxylic acids is 1. The summed E-state index contributed by atoms with van der Waals surface area (Å²) in [5, 5.41) is 39.9. The lowest BCUT2D eigenvalue weighted by atomic mass is 10.1. The number of carbonyl (C=O) groups excluding carboxylic acids is 9. The van der Waals surface area contributed by atoms with E-state index in [0.717, 1.165) is 26.2 Å². The number of ether oxygens (including phenoxy) is 3. The lowest BCUT2D eigenvalue weighted by molar-refractivity contribution is -0.146. The number of aliphatic hydroxyl groups excluding tert-OH is 2. The molecule has 0 heterocycles. The van der Waals surface area contributed by atoms with Gasteiger partial charge in [-0.3, -0.25) is 49.6 Å². The first-order chi connectivity index (χ1) is 38.0. The molecule has 3 aromatic rings. The second kappa shape index (κ2) is 34.4. The smallest absolute Gasteiger partial charge is 0.333 e. The normalized spacial score (nSPS) is 12.4. The summed E-state index contributed by atoms with van der Waals surface area (Å²) < 4.78 is 16.8. The predicted molar refractivity (Wildman–Crippen MR) is 288 cm³/mol. The Morgan fingerprint density at radius 1 is 0.506 bits per heavy atom. The molecule has 0 saturated heterocycles. The average Bonchev–Trinajstić information content (AvgIpc) is 3.41. The number of carbonyl (C=O) groups is 10. The first-order valence-corrected chi connectivity index (χ1v) is 25.0. The molecule has 0 spiro atoms. The summed E-state index contributed by atoms with van der Waals surface area (Å²) in [6.07, 6.45) is -0.807. The maximum atomic E-state index is 13.6. The van der Waals surface area contributed by atoms with E-state index in [1.54, 1.807) is 120 Å². The molecule has 0 unspecified atom stereocenters. The van der Waals surface area contributed by atoms with Gasteiger partial charge in [0.25, 0.3) is 11.8 Å². The van der Waals surface area contributed by atoms with Gasteiger partial charge in [-0.05, 0) is 58.2 Å². The van der Waals surface area contributed by atoms with E-state index in [-0.39, 0.29) is 45.9 Å². The van der Waals surface area contributed by atoms with E-state index >= 15 is 0 Å². The maximum Gasteiger partial charge on any atom is 0.333 e. The standard InChI is InChI=1S/C33H49N7O8.C18H27N7O8/c1-32(2,3)47-21-25(37-31(45)39(35)19-23-13-9-7-10-14-23)28(42)36-26(22-48-33(4,5)6)29(43)38-40(30(34)44)18-17-27(41)46-20-24-15-11-8-12-16-24;19-17(32)25(7-6-14(28)29)23-16(31)13(10-27)21-15(30)12(9-26)22-18(33)24(20)8-11-4-2-1-3-5-11/h7-16,25-26H,17-22,35H2,1-6H3,(H2,34,44)(H,36,42)(H,37,45)(H,38,43);1-5,12-13,26-27H,6-10,20H2,(H2,19,32)(H,21,30)(H,22,33)(H,23,31)(H,28,29)/t25-,26-;12-,13-/m00/s1. The highest BCUT2D eigenvalue weighted by molar-refractivity contribution is 5.93. The van der Waals surface area contributed by atoms with Gasteiger partial charge >= 0.3 is 36.1 Å². The molecule has 0 saturated carbocycles. The summed E-state index contributed by atoms with van der Waals surface area (Å²) in [5.74, 6) is 6.00. The Morgan fingerprint density at radius 3 is 1.25 bits per heavy atom. The number of urea groups is 4. The van der Waals surface area contributed by atoms with Crippen molar-refractivity contribution in [1.82, 2.24) is 52.2 Å². The highest BCUT2D eigenvalue weighted by atomic mass is 16.5. The van der Waals surface area contributed by atoms with E-state index in [1.807, 2.05) is 17.6 Å². The lowest BCUT2D eigenvalue weighted by Gasteiger charge is -2.30. The van der Waals surface area contributed by atoms with Gasteiger partial charge in [-0.15, -0.1) is 0 Å². The Morgan fingerprint density at radius 2 is 0.852 bits per heavy atom. The predicted octanol–water partition coefficient (Wildman–Crippen LogP) is -1.10. The van der Waals surface area contributed by atoms with Crippen molar-refractivity contribution >= 4 is 59.7 Å². The van der Waals surface area contributed by atoms with Crippen molar-refractivity contribution in [3.63, 3.8) is 0 Å². The van der Waals surface area contributed by atoms with Crippen LogP contribution >= 0.6 is 0 Å². The first kappa shape index (κ1) is 68.4. The number of hydrogen-bond donors (Lipinski definition) is 13. The van der Waals surface area contributed by atoms with Crippen LogP contribution in [0.3, 0.4) is 0 Å². The number of nitrogens with one attached hydrogen (secondary N) is 6. The van der Waals surface area contributed by atoms with Crippen LogP contribution in [0.5, 0.6) is 0 Å². The SMILES string of the molecule is CC(C)(C)OC[C@H](NC(=O)[C@H](COC(C)(C)C)NC(=O)N(N)Cc1ccccc1)C(=O)NN(CCC(=O)OCc1ccccc1)C(N)=O.NC(=O)N(CCC(=O)O)NC(=O)[C@H](CO)NC(=O)[C@H](CO)NC(=O)N(N)Cc1ccccc1. The van der Waals surface area contributed by atoms with E-state index in [0.29, 0.717) is 10.6 Å². The largest absolute Gasteiger partial charge is 0.481 e. The summed E-state index contributed by atoms with van der Waals surface area (Å²) in [4.78, 5) is 123. The van der Waals surface area contributed by atoms with Crippen LogP contribution in [-0.4, -0.2) is 170 Å². The summed E-state index contributed by atoms with van der Waals surface area (Å²) in [5.41, 5.74) is 15.7. The van der Waals surface area contributed by atoms with Gasteiger partial charge in [0.2, 0.25) is 11.8 Å². The van der Waals surface area contributed by atoms with Gasteiger partial charge < -0.3 is 62.3 Å². The number of amides is 12. The van der Waals surface area contributed by atoms with E-state index in [4.69, 9.17) is 42.5 Å². The molecule has 17 N–H and O–H groups in total. The van der Waals surface area contributed by atoms with Crippen LogP contribution < -0.4 is 55.3 Å². The number of hydrazine groups is 4. The average molecular weight is 1140 g/mol. The molecule has 0 fully saturated rings. The number of rotatable bonds is 26. The topological polar surface area (TPSA) is 448 Å². The molecule has 3 rings (SSSR count). The molecule has 81 heavy (non-hydrogen) atoms. The van der Waals surface area contributed by atoms with Crippen molar-refractivity contribution in [2.24, 2.45) is 23.2 Å². The van der Waals surface area contributed by atoms with Gasteiger partial charge in [-0.1, -0.05) is 91.0 Å². The lowest BCUT2D eigenvalue weighted by Crippen LogP contribution is -2.61. The Labute approximate surface area is 468 Å². The number of nitrogens with two attached hydrogens (primary N) is 4. The molecule has 12 amide bonds. The second-order valence-corrected chi connectivity index (χ2v) is 19.5. The van der Waals surface area contributed by atoms with Gasteiger partial charge in [-0.2, -0.15) is 0 Å². The number of benzene rings is 3. The minimum atomic E-state index is -1.62. The molecule has 0 aliphatic rings. The highest BCUT2D eigenvalue weighted by Crippen LogP contribution is 2.11. The molecule has 4 atom stereocenters. The third-order valence-corrected chi connectivity index (χ3v) is 10.5. The fraction of sp³-hybridized carbons (Fsp3) is 0.451. The fourth-order valence-electron chi connectivity index (χ4n) is 6.22. The molecule has 0 aromatic heterocycles.